The fourth-order valence-corrected chi connectivity index (χ4v) is 3.68. The quantitative estimate of drug-likeness (QED) is 0.711. The molecule has 0 aliphatic carbocycles. The van der Waals surface area contributed by atoms with Crippen molar-refractivity contribution in [3.63, 3.8) is 0 Å². The highest BCUT2D eigenvalue weighted by atomic mass is 32.2. The second kappa shape index (κ2) is 5.62. The molecule has 9 nitrogen and oxygen atoms in total. The summed E-state index contributed by atoms with van der Waals surface area (Å²) >= 11 is 1.25. The van der Waals surface area contributed by atoms with E-state index in [0.717, 1.165) is 6.07 Å². The van der Waals surface area contributed by atoms with Gasteiger partial charge in [0.25, 0.3) is 5.91 Å². The number of carbonyl (C=O) groups is 1. The van der Waals surface area contributed by atoms with Crippen molar-refractivity contribution in [3.05, 3.63) is 29.0 Å². The molecular weight excluding hydrogens is 349 g/mol. The van der Waals surface area contributed by atoms with Crippen LogP contribution in [0.4, 0.5) is 15.2 Å². The number of aromatic hydroxyl groups is 1. The van der Waals surface area contributed by atoms with E-state index in [1.165, 1.54) is 22.9 Å². The highest BCUT2D eigenvalue weighted by Crippen LogP contribution is 2.34. The van der Waals surface area contributed by atoms with Gasteiger partial charge in [0.15, 0.2) is 5.82 Å². The van der Waals surface area contributed by atoms with Gasteiger partial charge < -0.3 is 10.4 Å². The SMILES string of the molecule is O=C1CN(c2c(O)cc(CNc3nncs3)cc2F)S(=O)(=O)N1. The highest BCUT2D eigenvalue weighted by Gasteiger charge is 2.37. The minimum absolute atomic E-state index is 0.157. The number of halogens is 1. The fourth-order valence-electron chi connectivity index (χ4n) is 2.06. The van der Waals surface area contributed by atoms with Crippen molar-refractivity contribution in [2.75, 3.05) is 16.2 Å². The lowest BCUT2D eigenvalue weighted by Gasteiger charge is -2.17. The van der Waals surface area contributed by atoms with Gasteiger partial charge in [-0.15, -0.1) is 10.2 Å². The molecule has 1 fully saturated rings. The molecular formula is C11H10FN5O4S2. The summed E-state index contributed by atoms with van der Waals surface area (Å²) in [5.74, 6) is -2.34. The third-order valence-electron chi connectivity index (χ3n) is 2.98. The maximum atomic E-state index is 14.2. The van der Waals surface area contributed by atoms with Crippen LogP contribution in [0.3, 0.4) is 0 Å². The number of nitrogens with zero attached hydrogens (tertiary/aromatic N) is 3. The molecule has 122 valence electrons. The molecule has 1 amide bonds. The molecule has 0 saturated carbocycles. The highest BCUT2D eigenvalue weighted by molar-refractivity contribution is 7.92. The topological polar surface area (TPSA) is 125 Å². The predicted molar refractivity (Wildman–Crippen MR) is 79.7 cm³/mol. The molecule has 23 heavy (non-hydrogen) atoms. The van der Waals surface area contributed by atoms with Crippen molar-refractivity contribution in [1.29, 1.82) is 0 Å². The van der Waals surface area contributed by atoms with Gasteiger partial charge in [-0.25, -0.2) is 13.4 Å². The van der Waals surface area contributed by atoms with Crippen molar-refractivity contribution in [1.82, 2.24) is 14.9 Å². The van der Waals surface area contributed by atoms with Crippen LogP contribution in [0.5, 0.6) is 5.75 Å². The van der Waals surface area contributed by atoms with Gasteiger partial charge in [0.05, 0.1) is 0 Å². The normalized spacial score (nSPS) is 16.4. The Morgan fingerprint density at radius 3 is 2.83 bits per heavy atom. The average molecular weight is 359 g/mol. The van der Waals surface area contributed by atoms with Crippen LogP contribution in [0.15, 0.2) is 17.6 Å². The Labute approximate surface area is 134 Å². The minimum Gasteiger partial charge on any atom is -0.506 e. The van der Waals surface area contributed by atoms with E-state index in [2.05, 4.69) is 15.5 Å². The van der Waals surface area contributed by atoms with Crippen LogP contribution in [0.2, 0.25) is 0 Å². The molecule has 1 saturated heterocycles. The lowest BCUT2D eigenvalue weighted by atomic mass is 10.1. The third-order valence-corrected chi connectivity index (χ3v) is 5.00. The summed E-state index contributed by atoms with van der Waals surface area (Å²) in [5.41, 5.74) is 1.32. The molecule has 0 unspecified atom stereocenters. The van der Waals surface area contributed by atoms with E-state index < -0.39 is 39.9 Å². The number of anilines is 2. The molecule has 0 radical (unpaired) electrons. The summed E-state index contributed by atoms with van der Waals surface area (Å²) in [6.07, 6.45) is 0. The fraction of sp³-hybridized carbons (Fsp3) is 0.182. The van der Waals surface area contributed by atoms with Crippen LogP contribution >= 0.6 is 11.3 Å². The Hall–Kier alpha value is -2.47. The van der Waals surface area contributed by atoms with E-state index in [-0.39, 0.29) is 6.54 Å². The van der Waals surface area contributed by atoms with Crippen LogP contribution in [0, 0.1) is 5.82 Å². The lowest BCUT2D eigenvalue weighted by Crippen LogP contribution is -2.30. The van der Waals surface area contributed by atoms with Gasteiger partial charge in [-0.1, -0.05) is 11.3 Å². The van der Waals surface area contributed by atoms with Gasteiger partial charge in [-0.2, -0.15) is 8.42 Å². The Balaban J connectivity index is 1.87. The molecule has 2 aromatic rings. The van der Waals surface area contributed by atoms with E-state index in [9.17, 15) is 22.7 Å². The Morgan fingerprint density at radius 1 is 1.48 bits per heavy atom. The second-order valence-corrected chi connectivity index (χ2v) is 7.01. The van der Waals surface area contributed by atoms with E-state index in [0.29, 0.717) is 15.0 Å². The summed E-state index contributed by atoms with van der Waals surface area (Å²) in [4.78, 5) is 11.2. The van der Waals surface area contributed by atoms with E-state index in [1.807, 2.05) is 0 Å². The van der Waals surface area contributed by atoms with E-state index >= 15 is 0 Å². The summed E-state index contributed by atoms with van der Waals surface area (Å²) in [5, 5.41) is 20.7. The van der Waals surface area contributed by atoms with Gasteiger partial charge in [0.1, 0.15) is 23.5 Å². The first-order valence-corrected chi connectivity index (χ1v) is 8.53. The largest absolute Gasteiger partial charge is 0.506 e. The van der Waals surface area contributed by atoms with Gasteiger partial charge in [-0.05, 0) is 17.7 Å². The molecule has 3 rings (SSSR count). The van der Waals surface area contributed by atoms with Crippen LogP contribution < -0.4 is 14.3 Å². The van der Waals surface area contributed by atoms with Crippen LogP contribution in [0.25, 0.3) is 0 Å². The number of phenolic OH excluding ortho intramolecular Hbond substituents is 1. The van der Waals surface area contributed by atoms with Crippen LogP contribution in [-0.4, -0.2) is 36.2 Å². The predicted octanol–water partition coefficient (Wildman–Crippen LogP) is 0.176. The standard InChI is InChI=1S/C11H10FN5O4S2/c12-7-1-6(3-13-11-15-14-5-22-11)2-8(18)10(7)17-4-9(19)16-23(17,20)21/h1-2,5,18H,3-4H2,(H,13,15)(H,16,19). The smallest absolute Gasteiger partial charge is 0.326 e. The number of benzene rings is 1. The zero-order chi connectivity index (χ0) is 16.6. The third kappa shape index (κ3) is 3.03. The number of nitrogens with one attached hydrogen (secondary N) is 2. The van der Waals surface area contributed by atoms with Gasteiger partial charge >= 0.3 is 10.2 Å². The monoisotopic (exact) mass is 359 g/mol. The molecule has 1 aromatic carbocycles. The summed E-state index contributed by atoms with van der Waals surface area (Å²) in [6.45, 7) is -0.431. The molecule has 1 aliphatic rings. The first-order valence-electron chi connectivity index (χ1n) is 6.21. The molecule has 12 heteroatoms. The number of hydrogen-bond acceptors (Lipinski definition) is 8. The van der Waals surface area contributed by atoms with Crippen molar-refractivity contribution in [3.8, 4) is 5.75 Å². The number of aromatic nitrogens is 2. The maximum absolute atomic E-state index is 14.2. The van der Waals surface area contributed by atoms with Gasteiger partial charge in [-0.3, -0.25) is 4.79 Å². The van der Waals surface area contributed by atoms with Crippen LogP contribution in [-0.2, 0) is 21.5 Å². The molecule has 0 spiro atoms. The number of carbonyl (C=O) groups excluding carboxylic acids is 1. The zero-order valence-electron chi connectivity index (χ0n) is 11.4. The number of hydrogen-bond donors (Lipinski definition) is 3. The first-order chi connectivity index (χ1) is 10.9. The van der Waals surface area contributed by atoms with Gasteiger partial charge in [0.2, 0.25) is 5.13 Å². The van der Waals surface area contributed by atoms with Crippen molar-refractivity contribution < 1.29 is 22.7 Å². The second-order valence-electron chi connectivity index (χ2n) is 4.58. The van der Waals surface area contributed by atoms with Crippen LogP contribution in [0.1, 0.15) is 5.56 Å². The molecule has 0 atom stereocenters. The summed E-state index contributed by atoms with van der Waals surface area (Å²) in [7, 11) is -4.19. The lowest BCUT2D eigenvalue weighted by molar-refractivity contribution is -0.117. The Kier molecular flexibility index (Phi) is 3.77. The summed E-state index contributed by atoms with van der Waals surface area (Å²) < 4.78 is 39.9. The molecule has 1 aliphatic heterocycles. The molecule has 3 N–H and O–H groups in total. The van der Waals surface area contributed by atoms with Crippen molar-refractivity contribution in [2.24, 2.45) is 0 Å². The first kappa shape index (κ1) is 15.4. The number of amides is 1. The van der Waals surface area contributed by atoms with Crippen molar-refractivity contribution >= 4 is 38.3 Å². The average Bonchev–Trinajstić information content (AvgIpc) is 3.04. The minimum atomic E-state index is -4.19. The van der Waals surface area contributed by atoms with E-state index in [1.54, 1.807) is 4.72 Å². The molecule has 1 aromatic heterocycles. The number of rotatable bonds is 4. The maximum Gasteiger partial charge on any atom is 0.326 e. The van der Waals surface area contributed by atoms with E-state index in [4.69, 9.17) is 0 Å². The Bertz CT molecular complexity index is 832. The number of phenols is 1. The van der Waals surface area contributed by atoms with Crippen molar-refractivity contribution in [2.45, 2.75) is 6.54 Å². The summed E-state index contributed by atoms with van der Waals surface area (Å²) in [6, 6.07) is 2.28. The molecule has 2 heterocycles. The zero-order valence-corrected chi connectivity index (χ0v) is 13.0. The van der Waals surface area contributed by atoms with Gasteiger partial charge in [0, 0.05) is 6.54 Å². The Morgan fingerprint density at radius 2 is 2.26 bits per heavy atom. The molecule has 0 bridgehead atoms.